The molecule has 0 amide bonds. The van der Waals surface area contributed by atoms with Crippen LogP contribution in [-0.4, -0.2) is 40.8 Å². The van der Waals surface area contributed by atoms with Gasteiger partial charge in [0.25, 0.3) is 0 Å². The number of sulfonamides is 1. The number of benzene rings is 1. The first kappa shape index (κ1) is 21.3. The number of aryl methyl sites for hydroxylation is 2. The highest BCUT2D eigenvalue weighted by Crippen LogP contribution is 2.30. The normalized spacial score (nSPS) is 17.5. The Morgan fingerprint density at radius 3 is 2.42 bits per heavy atom. The van der Waals surface area contributed by atoms with Crippen LogP contribution in [0.1, 0.15) is 35.8 Å². The molecule has 2 aromatic heterocycles. The number of hydrogen-bond acceptors (Lipinski definition) is 6. The van der Waals surface area contributed by atoms with Crippen LogP contribution in [0.4, 0.5) is 16.0 Å². The Bertz CT molecular complexity index is 1150. The second-order valence-electron chi connectivity index (χ2n) is 7.73. The number of piperidine rings is 1. The largest absolute Gasteiger partial charge is 0.323 e. The van der Waals surface area contributed by atoms with Gasteiger partial charge in [-0.25, -0.2) is 22.8 Å². The minimum atomic E-state index is -3.67. The van der Waals surface area contributed by atoms with E-state index in [1.165, 1.54) is 28.6 Å². The fraction of sp³-hybridized carbons (Fsp3) is 0.318. The van der Waals surface area contributed by atoms with Crippen molar-refractivity contribution in [1.29, 1.82) is 0 Å². The zero-order valence-corrected chi connectivity index (χ0v) is 18.2. The Morgan fingerprint density at radius 2 is 1.77 bits per heavy atom. The molecule has 7 nitrogen and oxygen atoms in total. The lowest BCUT2D eigenvalue weighted by Crippen LogP contribution is -2.39. The molecule has 1 saturated heterocycles. The molecule has 0 spiro atoms. The van der Waals surface area contributed by atoms with Crippen LogP contribution in [0.5, 0.6) is 0 Å². The molecule has 3 heterocycles. The summed E-state index contributed by atoms with van der Waals surface area (Å²) in [5.74, 6) is 0.0522. The molecule has 162 valence electrons. The lowest BCUT2D eigenvalue weighted by Gasteiger charge is -2.31. The van der Waals surface area contributed by atoms with E-state index in [1.54, 1.807) is 6.20 Å². The number of hydrogen-bond donors (Lipinski definition) is 1. The quantitative estimate of drug-likeness (QED) is 0.645. The van der Waals surface area contributed by atoms with Crippen LogP contribution in [0, 0.1) is 19.7 Å². The Morgan fingerprint density at radius 1 is 1.06 bits per heavy atom. The summed E-state index contributed by atoms with van der Waals surface area (Å²) in [5, 5.41) is 3.15. The van der Waals surface area contributed by atoms with Gasteiger partial charge in [-0.2, -0.15) is 4.31 Å². The molecule has 9 heteroatoms. The van der Waals surface area contributed by atoms with Gasteiger partial charge in [-0.05, 0) is 69.2 Å². The van der Waals surface area contributed by atoms with Gasteiger partial charge in [0.05, 0.1) is 16.8 Å². The fourth-order valence-corrected chi connectivity index (χ4v) is 5.31. The summed E-state index contributed by atoms with van der Waals surface area (Å²) in [6.45, 7) is 4.62. The molecule has 0 unspecified atom stereocenters. The van der Waals surface area contributed by atoms with Gasteiger partial charge in [0.1, 0.15) is 5.82 Å². The van der Waals surface area contributed by atoms with E-state index in [1.807, 2.05) is 32.0 Å². The molecule has 4 rings (SSSR count). The molecular formula is C22H24FN5O2S. The van der Waals surface area contributed by atoms with Crippen LogP contribution in [0.3, 0.4) is 0 Å². The van der Waals surface area contributed by atoms with Crippen LogP contribution < -0.4 is 5.32 Å². The standard InChI is InChI=1S/C22H24FN5O2S/c1-15-12-16(2)26-22(25-15)27-19-7-10-21(24-13-19)17-4-3-11-28(14-17)31(29,30)20-8-5-18(23)6-9-20/h5-10,12-13,17H,3-4,11,14H2,1-2H3,(H,25,26,27)/t17-/m0/s1. The zero-order chi connectivity index (χ0) is 22.0. The summed E-state index contributed by atoms with van der Waals surface area (Å²) in [5.41, 5.74) is 3.36. The van der Waals surface area contributed by atoms with Crippen molar-refractivity contribution < 1.29 is 12.8 Å². The lowest BCUT2D eigenvalue weighted by atomic mass is 9.95. The molecule has 1 fully saturated rings. The number of anilines is 2. The first-order valence-electron chi connectivity index (χ1n) is 10.1. The number of pyridine rings is 1. The van der Waals surface area contributed by atoms with Gasteiger partial charge in [0.15, 0.2) is 0 Å². The SMILES string of the molecule is Cc1cc(C)nc(Nc2ccc([C@H]3CCCN(S(=O)(=O)c4ccc(F)cc4)C3)nc2)n1. The van der Waals surface area contributed by atoms with Crippen LogP contribution in [0.15, 0.2) is 53.6 Å². The van der Waals surface area contributed by atoms with Gasteiger partial charge in [0.2, 0.25) is 16.0 Å². The van der Waals surface area contributed by atoms with Crippen LogP contribution in [0.2, 0.25) is 0 Å². The van der Waals surface area contributed by atoms with Crippen molar-refractivity contribution in [3.05, 3.63) is 71.6 Å². The van der Waals surface area contributed by atoms with E-state index >= 15 is 0 Å². The summed E-state index contributed by atoms with van der Waals surface area (Å²) in [6, 6.07) is 10.7. The Kier molecular flexibility index (Phi) is 5.97. The van der Waals surface area contributed by atoms with Gasteiger partial charge >= 0.3 is 0 Å². The molecule has 3 aromatic rings. The van der Waals surface area contributed by atoms with Crippen molar-refractivity contribution in [2.75, 3.05) is 18.4 Å². The van der Waals surface area contributed by atoms with Crippen molar-refractivity contribution >= 4 is 21.7 Å². The highest BCUT2D eigenvalue weighted by Gasteiger charge is 2.31. The number of halogens is 1. The number of aromatic nitrogens is 3. The molecule has 0 saturated carbocycles. The molecule has 1 N–H and O–H groups in total. The van der Waals surface area contributed by atoms with E-state index in [9.17, 15) is 12.8 Å². The monoisotopic (exact) mass is 441 g/mol. The van der Waals surface area contributed by atoms with Crippen molar-refractivity contribution in [3.63, 3.8) is 0 Å². The average molecular weight is 442 g/mol. The van der Waals surface area contributed by atoms with E-state index in [4.69, 9.17) is 0 Å². The summed E-state index contributed by atoms with van der Waals surface area (Å²) in [7, 11) is -3.67. The summed E-state index contributed by atoms with van der Waals surface area (Å²) in [6.07, 6.45) is 3.31. The minimum Gasteiger partial charge on any atom is -0.323 e. The predicted molar refractivity (Wildman–Crippen MR) is 116 cm³/mol. The van der Waals surface area contributed by atoms with Crippen molar-refractivity contribution in [2.45, 2.75) is 37.5 Å². The summed E-state index contributed by atoms with van der Waals surface area (Å²) < 4.78 is 40.5. The summed E-state index contributed by atoms with van der Waals surface area (Å²) >= 11 is 0. The predicted octanol–water partition coefficient (Wildman–Crippen LogP) is 3.94. The van der Waals surface area contributed by atoms with Crippen molar-refractivity contribution in [1.82, 2.24) is 19.3 Å². The van der Waals surface area contributed by atoms with E-state index in [2.05, 4.69) is 20.3 Å². The Labute approximate surface area is 181 Å². The highest BCUT2D eigenvalue weighted by molar-refractivity contribution is 7.89. The Balaban J connectivity index is 1.47. The number of nitrogens with zero attached hydrogens (tertiary/aromatic N) is 4. The average Bonchev–Trinajstić information content (AvgIpc) is 2.74. The highest BCUT2D eigenvalue weighted by atomic mass is 32.2. The van der Waals surface area contributed by atoms with E-state index in [-0.39, 0.29) is 10.8 Å². The van der Waals surface area contributed by atoms with Crippen molar-refractivity contribution in [3.8, 4) is 0 Å². The summed E-state index contributed by atoms with van der Waals surface area (Å²) in [4.78, 5) is 13.4. The van der Waals surface area contributed by atoms with E-state index < -0.39 is 15.8 Å². The number of rotatable bonds is 5. The van der Waals surface area contributed by atoms with Gasteiger partial charge in [-0.15, -0.1) is 0 Å². The maximum atomic E-state index is 13.2. The molecule has 31 heavy (non-hydrogen) atoms. The van der Waals surface area contributed by atoms with Gasteiger partial charge in [-0.1, -0.05) is 0 Å². The first-order chi connectivity index (χ1) is 14.8. The molecule has 0 aliphatic carbocycles. The van der Waals surface area contributed by atoms with E-state index in [0.29, 0.717) is 19.0 Å². The maximum absolute atomic E-state index is 13.2. The topological polar surface area (TPSA) is 88.1 Å². The second-order valence-corrected chi connectivity index (χ2v) is 9.67. The third-order valence-corrected chi connectivity index (χ3v) is 7.16. The minimum absolute atomic E-state index is 0.00418. The molecule has 1 atom stereocenters. The molecule has 0 bridgehead atoms. The maximum Gasteiger partial charge on any atom is 0.243 e. The zero-order valence-electron chi connectivity index (χ0n) is 17.4. The third-order valence-electron chi connectivity index (χ3n) is 5.28. The number of nitrogens with one attached hydrogen (secondary N) is 1. The smallest absolute Gasteiger partial charge is 0.243 e. The van der Waals surface area contributed by atoms with E-state index in [0.717, 1.165) is 35.6 Å². The first-order valence-corrected chi connectivity index (χ1v) is 11.6. The molecule has 1 aromatic carbocycles. The van der Waals surface area contributed by atoms with Crippen molar-refractivity contribution in [2.24, 2.45) is 0 Å². The Hall–Kier alpha value is -2.91. The van der Waals surface area contributed by atoms with Crippen LogP contribution in [-0.2, 0) is 10.0 Å². The second kappa shape index (κ2) is 8.68. The molecule has 1 aliphatic heterocycles. The van der Waals surface area contributed by atoms with Gasteiger partial charge in [-0.3, -0.25) is 4.98 Å². The lowest BCUT2D eigenvalue weighted by molar-refractivity contribution is 0.312. The fourth-order valence-electron chi connectivity index (χ4n) is 3.79. The van der Waals surface area contributed by atoms with Gasteiger partial charge in [0, 0.05) is 36.1 Å². The molecule has 0 radical (unpaired) electrons. The third kappa shape index (κ3) is 4.88. The molecule has 1 aliphatic rings. The van der Waals surface area contributed by atoms with Gasteiger partial charge < -0.3 is 5.32 Å². The molecular weight excluding hydrogens is 417 g/mol. The van der Waals surface area contributed by atoms with Crippen LogP contribution in [0.25, 0.3) is 0 Å². The van der Waals surface area contributed by atoms with Crippen LogP contribution >= 0.6 is 0 Å².